The van der Waals surface area contributed by atoms with E-state index < -0.39 is 5.91 Å². The molecule has 2 aliphatic rings. The highest BCUT2D eigenvalue weighted by molar-refractivity contribution is 5.98. The SMILES string of the molecule is Cc1nc2c(C(N)=O)cnn2c2c1CCN2C1CCCC1. The summed E-state index contributed by atoms with van der Waals surface area (Å²) in [5.41, 5.74) is 8.66. The molecule has 0 radical (unpaired) electrons. The maximum atomic E-state index is 11.5. The predicted octanol–water partition coefficient (Wildman–Crippen LogP) is 1.44. The number of aromatic nitrogens is 3. The smallest absolute Gasteiger partial charge is 0.254 e. The largest absolute Gasteiger partial charge is 0.365 e. The molecule has 2 aromatic rings. The highest BCUT2D eigenvalue weighted by atomic mass is 16.1. The molecule has 0 atom stereocenters. The lowest BCUT2D eigenvalue weighted by Crippen LogP contribution is -2.32. The van der Waals surface area contributed by atoms with Crippen LogP contribution in [0, 0.1) is 6.92 Å². The van der Waals surface area contributed by atoms with Crippen molar-refractivity contribution in [2.24, 2.45) is 5.73 Å². The first-order chi connectivity index (χ1) is 10.2. The predicted molar refractivity (Wildman–Crippen MR) is 79.5 cm³/mol. The van der Waals surface area contributed by atoms with E-state index in [-0.39, 0.29) is 0 Å². The molecule has 2 aromatic heterocycles. The van der Waals surface area contributed by atoms with Crippen LogP contribution in [0.2, 0.25) is 0 Å². The van der Waals surface area contributed by atoms with E-state index in [2.05, 4.69) is 15.0 Å². The molecule has 1 aliphatic carbocycles. The number of carbonyl (C=O) groups is 1. The number of fused-ring (bicyclic) bond motifs is 3. The fourth-order valence-corrected chi connectivity index (χ4v) is 3.79. The Morgan fingerprint density at radius 1 is 1.38 bits per heavy atom. The summed E-state index contributed by atoms with van der Waals surface area (Å²) in [4.78, 5) is 18.6. The molecule has 0 saturated heterocycles. The quantitative estimate of drug-likeness (QED) is 0.906. The molecule has 1 saturated carbocycles. The summed E-state index contributed by atoms with van der Waals surface area (Å²) in [5, 5.41) is 4.39. The highest BCUT2D eigenvalue weighted by Crippen LogP contribution is 2.36. The third-order valence-electron chi connectivity index (χ3n) is 4.83. The maximum absolute atomic E-state index is 11.5. The molecule has 110 valence electrons. The summed E-state index contributed by atoms with van der Waals surface area (Å²) in [6.45, 7) is 3.03. The first-order valence-electron chi connectivity index (χ1n) is 7.60. The second kappa shape index (κ2) is 4.44. The number of hydrogen-bond donors (Lipinski definition) is 1. The van der Waals surface area contributed by atoms with Gasteiger partial charge in [0, 0.05) is 23.8 Å². The van der Waals surface area contributed by atoms with Crippen LogP contribution in [0.25, 0.3) is 5.65 Å². The number of carbonyl (C=O) groups excluding carboxylic acids is 1. The van der Waals surface area contributed by atoms with Crippen LogP contribution in [0.15, 0.2) is 6.20 Å². The van der Waals surface area contributed by atoms with Crippen molar-refractivity contribution in [1.29, 1.82) is 0 Å². The molecule has 1 aliphatic heterocycles. The second-order valence-corrected chi connectivity index (χ2v) is 6.04. The first kappa shape index (κ1) is 12.6. The molecule has 0 spiro atoms. The van der Waals surface area contributed by atoms with Gasteiger partial charge in [0.25, 0.3) is 5.91 Å². The number of primary amides is 1. The van der Waals surface area contributed by atoms with Gasteiger partial charge in [0.15, 0.2) is 5.65 Å². The summed E-state index contributed by atoms with van der Waals surface area (Å²) >= 11 is 0. The van der Waals surface area contributed by atoms with Crippen LogP contribution >= 0.6 is 0 Å². The number of hydrogen-bond acceptors (Lipinski definition) is 4. The van der Waals surface area contributed by atoms with Gasteiger partial charge in [-0.15, -0.1) is 0 Å². The van der Waals surface area contributed by atoms with E-state index in [1.54, 1.807) is 0 Å². The molecule has 1 amide bonds. The monoisotopic (exact) mass is 285 g/mol. The third-order valence-corrected chi connectivity index (χ3v) is 4.83. The van der Waals surface area contributed by atoms with Gasteiger partial charge < -0.3 is 10.6 Å². The van der Waals surface area contributed by atoms with Crippen molar-refractivity contribution in [3.05, 3.63) is 23.0 Å². The summed E-state index contributed by atoms with van der Waals surface area (Å²) in [7, 11) is 0. The van der Waals surface area contributed by atoms with Crippen LogP contribution in [0.1, 0.15) is 47.3 Å². The number of aryl methyl sites for hydroxylation is 1. The van der Waals surface area contributed by atoms with Crippen molar-refractivity contribution in [2.45, 2.75) is 45.1 Å². The van der Waals surface area contributed by atoms with E-state index in [1.807, 2.05) is 11.4 Å². The van der Waals surface area contributed by atoms with Gasteiger partial charge in [-0.05, 0) is 26.2 Å². The number of rotatable bonds is 2. The van der Waals surface area contributed by atoms with E-state index in [0.29, 0.717) is 17.3 Å². The molecule has 0 aromatic carbocycles. The van der Waals surface area contributed by atoms with Crippen molar-refractivity contribution in [2.75, 3.05) is 11.4 Å². The number of amides is 1. The molecule has 4 rings (SSSR count). The summed E-state index contributed by atoms with van der Waals surface area (Å²) in [5.74, 6) is 0.652. The van der Waals surface area contributed by atoms with Crippen LogP contribution in [0.5, 0.6) is 0 Å². The van der Waals surface area contributed by atoms with Crippen LogP contribution in [-0.4, -0.2) is 33.1 Å². The van der Waals surface area contributed by atoms with Crippen molar-refractivity contribution >= 4 is 17.4 Å². The minimum absolute atomic E-state index is 0.402. The fraction of sp³-hybridized carbons (Fsp3) is 0.533. The lowest BCUT2D eigenvalue weighted by Gasteiger charge is -2.27. The topological polar surface area (TPSA) is 76.5 Å². The second-order valence-electron chi connectivity index (χ2n) is 6.04. The van der Waals surface area contributed by atoms with Gasteiger partial charge in [0.1, 0.15) is 11.4 Å². The van der Waals surface area contributed by atoms with Crippen LogP contribution in [-0.2, 0) is 6.42 Å². The maximum Gasteiger partial charge on any atom is 0.254 e. The van der Waals surface area contributed by atoms with Gasteiger partial charge in [-0.3, -0.25) is 4.79 Å². The Morgan fingerprint density at radius 3 is 2.86 bits per heavy atom. The van der Waals surface area contributed by atoms with Gasteiger partial charge >= 0.3 is 0 Å². The minimum Gasteiger partial charge on any atom is -0.365 e. The van der Waals surface area contributed by atoms with Gasteiger partial charge in [-0.25, -0.2) is 4.98 Å². The Morgan fingerprint density at radius 2 is 2.14 bits per heavy atom. The fourth-order valence-electron chi connectivity index (χ4n) is 3.79. The van der Waals surface area contributed by atoms with E-state index in [0.717, 1.165) is 24.5 Å². The van der Waals surface area contributed by atoms with Crippen LogP contribution in [0.3, 0.4) is 0 Å². The molecule has 6 heteroatoms. The molecule has 21 heavy (non-hydrogen) atoms. The Bertz CT molecular complexity index is 729. The summed E-state index contributed by atoms with van der Waals surface area (Å²) < 4.78 is 1.81. The van der Waals surface area contributed by atoms with E-state index in [9.17, 15) is 4.79 Å². The summed E-state index contributed by atoms with van der Waals surface area (Å²) in [6, 6.07) is 0.595. The normalized spacial score (nSPS) is 18.6. The van der Waals surface area contributed by atoms with Crippen LogP contribution in [0.4, 0.5) is 5.82 Å². The molecule has 3 heterocycles. The lowest BCUT2D eigenvalue weighted by atomic mass is 10.2. The van der Waals surface area contributed by atoms with Gasteiger partial charge in [-0.2, -0.15) is 9.61 Å². The lowest BCUT2D eigenvalue weighted by molar-refractivity contribution is 0.100. The van der Waals surface area contributed by atoms with Crippen molar-refractivity contribution in [1.82, 2.24) is 14.6 Å². The van der Waals surface area contributed by atoms with Crippen LogP contribution < -0.4 is 10.6 Å². The average Bonchev–Trinajstić information content (AvgIpc) is 3.16. The van der Waals surface area contributed by atoms with E-state index in [4.69, 9.17) is 5.73 Å². The Kier molecular flexibility index (Phi) is 2.67. The van der Waals surface area contributed by atoms with Gasteiger partial charge in [0.2, 0.25) is 0 Å². The van der Waals surface area contributed by atoms with Crippen molar-refractivity contribution in [3.63, 3.8) is 0 Å². The molecule has 1 fully saturated rings. The Hall–Kier alpha value is -2.11. The van der Waals surface area contributed by atoms with Gasteiger partial charge in [0.05, 0.1) is 6.20 Å². The number of anilines is 1. The minimum atomic E-state index is -0.470. The number of nitrogens with zero attached hydrogens (tertiary/aromatic N) is 4. The average molecular weight is 285 g/mol. The molecule has 0 unspecified atom stereocenters. The third kappa shape index (κ3) is 1.74. The zero-order valence-corrected chi connectivity index (χ0v) is 12.2. The summed E-state index contributed by atoms with van der Waals surface area (Å²) in [6.07, 6.45) is 7.63. The Balaban J connectivity index is 1.93. The molecule has 0 bridgehead atoms. The van der Waals surface area contributed by atoms with E-state index in [1.165, 1.54) is 37.4 Å². The molecular formula is C15H19N5O. The van der Waals surface area contributed by atoms with E-state index >= 15 is 0 Å². The van der Waals surface area contributed by atoms with Crippen molar-refractivity contribution in [3.8, 4) is 0 Å². The number of nitrogens with two attached hydrogens (primary N) is 1. The Labute approximate surface area is 122 Å². The zero-order valence-electron chi connectivity index (χ0n) is 12.2. The zero-order chi connectivity index (χ0) is 14.6. The first-order valence-corrected chi connectivity index (χ1v) is 7.60. The standard InChI is InChI=1S/C15H19N5O/c1-9-11-6-7-19(10-4-2-3-5-10)15(11)20-14(18-9)12(8-17-20)13(16)21/h8,10H,2-7H2,1H3,(H2,16,21). The molecule has 2 N–H and O–H groups in total. The molecule has 6 nitrogen and oxygen atoms in total. The molecular weight excluding hydrogens is 266 g/mol. The van der Waals surface area contributed by atoms with Crippen molar-refractivity contribution < 1.29 is 4.79 Å². The highest BCUT2D eigenvalue weighted by Gasteiger charge is 2.32. The van der Waals surface area contributed by atoms with Gasteiger partial charge in [-0.1, -0.05) is 12.8 Å².